The van der Waals surface area contributed by atoms with Gasteiger partial charge in [0.25, 0.3) is 11.5 Å². The second kappa shape index (κ2) is 9.50. The van der Waals surface area contributed by atoms with E-state index in [4.69, 9.17) is 0 Å². The first-order chi connectivity index (χ1) is 14.9. The molecule has 3 rings (SSSR count). The Hall–Kier alpha value is -4.25. The summed E-state index contributed by atoms with van der Waals surface area (Å²) < 4.78 is 1.24. The maximum absolute atomic E-state index is 12.6. The van der Waals surface area contributed by atoms with Crippen molar-refractivity contribution in [2.24, 2.45) is 0 Å². The van der Waals surface area contributed by atoms with Crippen LogP contribution in [0, 0.1) is 25.2 Å². The molecule has 2 aromatic heterocycles. The van der Waals surface area contributed by atoms with Crippen LogP contribution in [0.25, 0.3) is 0 Å². The number of rotatable bonds is 6. The lowest BCUT2D eigenvalue weighted by molar-refractivity contribution is -0.116. The number of benzene rings is 1. The quantitative estimate of drug-likeness (QED) is 0.641. The van der Waals surface area contributed by atoms with Crippen molar-refractivity contribution in [3.8, 4) is 6.07 Å². The number of hydrogen-bond acceptors (Lipinski definition) is 5. The fourth-order valence-electron chi connectivity index (χ4n) is 3.16. The Balaban J connectivity index is 1.75. The minimum atomic E-state index is -0.515. The van der Waals surface area contributed by atoms with E-state index in [0.717, 1.165) is 5.56 Å². The molecule has 0 saturated carbocycles. The maximum atomic E-state index is 12.6. The molecule has 0 fully saturated rings. The molecular formula is C23H21N5O3. The van der Waals surface area contributed by atoms with Gasteiger partial charge in [-0.15, -0.1) is 0 Å². The zero-order valence-electron chi connectivity index (χ0n) is 17.2. The highest BCUT2D eigenvalue weighted by atomic mass is 16.2. The Morgan fingerprint density at radius 3 is 2.55 bits per heavy atom. The minimum Gasteiger partial charge on any atom is -0.348 e. The Labute approximate surface area is 179 Å². The van der Waals surface area contributed by atoms with Crippen LogP contribution in [0.3, 0.4) is 0 Å². The number of para-hydroxylation sites is 1. The van der Waals surface area contributed by atoms with Crippen LogP contribution in [0.5, 0.6) is 0 Å². The van der Waals surface area contributed by atoms with Crippen molar-refractivity contribution >= 4 is 17.5 Å². The Kier molecular flexibility index (Phi) is 6.58. The highest BCUT2D eigenvalue weighted by Crippen LogP contribution is 2.15. The van der Waals surface area contributed by atoms with Gasteiger partial charge >= 0.3 is 0 Å². The molecule has 1 aromatic carbocycles. The molecule has 2 heterocycles. The molecule has 2 N–H and O–H groups in total. The van der Waals surface area contributed by atoms with Crippen molar-refractivity contribution in [3.63, 3.8) is 0 Å². The van der Waals surface area contributed by atoms with E-state index in [1.807, 2.05) is 6.07 Å². The average molecular weight is 415 g/mol. The van der Waals surface area contributed by atoms with Gasteiger partial charge in [-0.05, 0) is 55.3 Å². The van der Waals surface area contributed by atoms with Gasteiger partial charge in [-0.25, -0.2) is 0 Å². The third-order valence-corrected chi connectivity index (χ3v) is 4.77. The van der Waals surface area contributed by atoms with Crippen LogP contribution in [0.15, 0.2) is 59.7 Å². The summed E-state index contributed by atoms with van der Waals surface area (Å²) in [4.78, 5) is 41.7. The predicted molar refractivity (Wildman–Crippen MR) is 115 cm³/mol. The van der Waals surface area contributed by atoms with Gasteiger partial charge in [0, 0.05) is 24.6 Å². The number of pyridine rings is 2. The monoisotopic (exact) mass is 415 g/mol. The number of nitrogens with one attached hydrogen (secondary N) is 2. The van der Waals surface area contributed by atoms with Gasteiger partial charge in [0.1, 0.15) is 18.2 Å². The van der Waals surface area contributed by atoms with E-state index in [1.54, 1.807) is 68.7 Å². The number of anilines is 1. The number of amides is 2. The third kappa shape index (κ3) is 5.03. The summed E-state index contributed by atoms with van der Waals surface area (Å²) in [7, 11) is 0. The van der Waals surface area contributed by atoms with Crippen molar-refractivity contribution < 1.29 is 9.59 Å². The van der Waals surface area contributed by atoms with E-state index in [0.29, 0.717) is 29.1 Å². The first kappa shape index (κ1) is 21.5. The van der Waals surface area contributed by atoms with Crippen LogP contribution in [0.1, 0.15) is 32.7 Å². The summed E-state index contributed by atoms with van der Waals surface area (Å²) in [5.41, 5.74) is 2.16. The molecule has 0 aliphatic rings. The number of carbonyl (C=O) groups excluding carboxylic acids is 2. The molecule has 8 nitrogen and oxygen atoms in total. The van der Waals surface area contributed by atoms with Crippen LogP contribution < -0.4 is 16.2 Å². The van der Waals surface area contributed by atoms with Crippen molar-refractivity contribution in [2.75, 3.05) is 5.32 Å². The largest absolute Gasteiger partial charge is 0.348 e. The first-order valence-corrected chi connectivity index (χ1v) is 9.58. The van der Waals surface area contributed by atoms with Crippen LogP contribution in [-0.4, -0.2) is 21.4 Å². The summed E-state index contributed by atoms with van der Waals surface area (Å²) in [5.74, 6) is -0.824. The van der Waals surface area contributed by atoms with Crippen LogP contribution in [-0.2, 0) is 17.9 Å². The average Bonchev–Trinajstić information content (AvgIpc) is 2.76. The van der Waals surface area contributed by atoms with Crippen molar-refractivity contribution in [3.05, 3.63) is 93.2 Å². The lowest BCUT2D eigenvalue weighted by Gasteiger charge is -2.14. The van der Waals surface area contributed by atoms with Crippen molar-refractivity contribution in [2.45, 2.75) is 26.9 Å². The van der Waals surface area contributed by atoms with Gasteiger partial charge in [0.05, 0.1) is 11.3 Å². The molecule has 0 radical (unpaired) electrons. The second-order valence-electron chi connectivity index (χ2n) is 6.98. The molecule has 8 heteroatoms. The lowest BCUT2D eigenvalue weighted by Crippen LogP contribution is -2.32. The standard InChI is InChI=1S/C23H21N5O3/c1-15-11-16(2)28(23(31)19(15)12-24)14-21(29)27-20-6-4-3-5-18(20)22(30)26-13-17-7-9-25-10-8-17/h3-11H,13-14H2,1-2H3,(H,26,30)(H,27,29). The van der Waals surface area contributed by atoms with Crippen molar-refractivity contribution in [1.29, 1.82) is 5.26 Å². The van der Waals surface area contributed by atoms with Gasteiger partial charge in [-0.1, -0.05) is 12.1 Å². The second-order valence-corrected chi connectivity index (χ2v) is 6.98. The topological polar surface area (TPSA) is 117 Å². The molecule has 2 amide bonds. The molecule has 0 atom stereocenters. The fourth-order valence-corrected chi connectivity index (χ4v) is 3.16. The Morgan fingerprint density at radius 1 is 1.13 bits per heavy atom. The van der Waals surface area contributed by atoms with Gasteiger partial charge in [0.2, 0.25) is 5.91 Å². The van der Waals surface area contributed by atoms with Gasteiger partial charge in [-0.3, -0.25) is 19.4 Å². The molecule has 0 aliphatic carbocycles. The SMILES string of the molecule is Cc1cc(C)n(CC(=O)Nc2ccccc2C(=O)NCc2ccncc2)c(=O)c1C#N. The summed E-state index contributed by atoms with van der Waals surface area (Å²) in [5, 5.41) is 14.7. The molecular weight excluding hydrogens is 394 g/mol. The van der Waals surface area contributed by atoms with Crippen molar-refractivity contribution in [1.82, 2.24) is 14.9 Å². The number of aromatic nitrogens is 2. The van der Waals surface area contributed by atoms with Crippen LogP contribution in [0.4, 0.5) is 5.69 Å². The van der Waals surface area contributed by atoms with E-state index < -0.39 is 11.5 Å². The summed E-state index contributed by atoms with van der Waals surface area (Å²) in [6, 6.07) is 13.8. The van der Waals surface area contributed by atoms with Gasteiger partial charge in [-0.2, -0.15) is 5.26 Å². The summed E-state index contributed by atoms with van der Waals surface area (Å²) in [6.45, 7) is 3.42. The summed E-state index contributed by atoms with van der Waals surface area (Å²) in [6.07, 6.45) is 3.28. The molecule has 31 heavy (non-hydrogen) atoms. The smallest absolute Gasteiger partial charge is 0.269 e. The molecule has 0 aliphatic heterocycles. The normalized spacial score (nSPS) is 10.2. The number of nitrogens with zero attached hydrogens (tertiary/aromatic N) is 3. The summed E-state index contributed by atoms with van der Waals surface area (Å²) >= 11 is 0. The fraction of sp³-hybridized carbons (Fsp3) is 0.174. The highest BCUT2D eigenvalue weighted by Gasteiger charge is 2.16. The number of aryl methyl sites for hydroxylation is 2. The van der Waals surface area contributed by atoms with Crippen LogP contribution >= 0.6 is 0 Å². The van der Waals surface area contributed by atoms with Crippen LogP contribution in [0.2, 0.25) is 0 Å². The zero-order chi connectivity index (χ0) is 22.4. The predicted octanol–water partition coefficient (Wildman–Crippen LogP) is 2.30. The highest BCUT2D eigenvalue weighted by molar-refractivity contribution is 6.03. The van der Waals surface area contributed by atoms with Gasteiger partial charge in [0.15, 0.2) is 0 Å². The third-order valence-electron chi connectivity index (χ3n) is 4.77. The van der Waals surface area contributed by atoms with E-state index in [9.17, 15) is 19.6 Å². The number of nitriles is 1. The zero-order valence-corrected chi connectivity index (χ0v) is 17.2. The van der Waals surface area contributed by atoms with E-state index in [1.165, 1.54) is 4.57 Å². The first-order valence-electron chi connectivity index (χ1n) is 9.58. The molecule has 0 saturated heterocycles. The molecule has 0 unspecified atom stereocenters. The minimum absolute atomic E-state index is 0.00860. The van der Waals surface area contributed by atoms with E-state index >= 15 is 0 Å². The lowest BCUT2D eigenvalue weighted by atomic mass is 10.1. The van der Waals surface area contributed by atoms with Gasteiger partial charge < -0.3 is 15.2 Å². The van der Waals surface area contributed by atoms with E-state index in [2.05, 4.69) is 15.6 Å². The molecule has 156 valence electrons. The Morgan fingerprint density at radius 2 is 1.84 bits per heavy atom. The Bertz CT molecular complexity index is 1230. The molecule has 0 bridgehead atoms. The molecule has 3 aromatic rings. The van der Waals surface area contributed by atoms with E-state index in [-0.39, 0.29) is 18.0 Å². The number of hydrogen-bond donors (Lipinski definition) is 2. The maximum Gasteiger partial charge on any atom is 0.269 e. The molecule has 0 spiro atoms. The number of carbonyl (C=O) groups is 2.